The Balaban J connectivity index is 0.000000463. The Morgan fingerprint density at radius 3 is 2.17 bits per heavy atom. The van der Waals surface area contributed by atoms with Crippen LogP contribution in [0.3, 0.4) is 0 Å². The molecule has 0 bridgehead atoms. The first-order valence-corrected chi connectivity index (χ1v) is 9.73. The van der Waals surface area contributed by atoms with Gasteiger partial charge in [0.15, 0.2) is 0 Å². The van der Waals surface area contributed by atoms with E-state index in [4.69, 9.17) is 0 Å². The third kappa shape index (κ3) is 6.97. The van der Waals surface area contributed by atoms with E-state index >= 15 is 0 Å². The first kappa shape index (κ1) is 23.3. The van der Waals surface area contributed by atoms with Crippen LogP contribution in [-0.4, -0.2) is 3.21 Å². The van der Waals surface area contributed by atoms with Crippen molar-refractivity contribution in [3.05, 3.63) is 46.6 Å². The van der Waals surface area contributed by atoms with Gasteiger partial charge in [0, 0.05) is 0 Å². The molecule has 0 radical (unpaired) electrons. The molecule has 0 aromatic heterocycles. The molecule has 0 amide bonds. The molecule has 0 heterocycles. The molecule has 0 aromatic rings. The minimum absolute atomic E-state index is 0. The Bertz CT molecular complexity index is 502. The summed E-state index contributed by atoms with van der Waals surface area (Å²) in [6.45, 7) is 4.48. The molecule has 3 rings (SSSR count). The van der Waals surface area contributed by atoms with Gasteiger partial charge in [0.25, 0.3) is 0 Å². The quantitative estimate of drug-likeness (QED) is 0.546. The van der Waals surface area contributed by atoms with Crippen LogP contribution in [0, 0.1) is 6.08 Å². The summed E-state index contributed by atoms with van der Waals surface area (Å²) < 4.78 is 1.80. The number of halogens is 2. The summed E-state index contributed by atoms with van der Waals surface area (Å²) in [5, 5.41) is 0. The van der Waals surface area contributed by atoms with Crippen molar-refractivity contribution in [2.24, 2.45) is 0 Å². The number of allylic oxidation sites excluding steroid dienone is 8. The van der Waals surface area contributed by atoms with Gasteiger partial charge in [-0.15, -0.1) is 12.0 Å². The van der Waals surface area contributed by atoms with Gasteiger partial charge in [-0.3, -0.25) is 6.08 Å². The first-order valence-electron chi connectivity index (χ1n) is 8.50. The van der Waals surface area contributed by atoms with E-state index in [0.717, 1.165) is 25.7 Å². The third-order valence-electron chi connectivity index (χ3n) is 4.53. The van der Waals surface area contributed by atoms with Crippen LogP contribution in [0.1, 0.15) is 71.6 Å². The molecule has 0 N–H and O–H groups in total. The molecule has 3 aliphatic carbocycles. The molecule has 0 aromatic carbocycles. The van der Waals surface area contributed by atoms with Crippen molar-refractivity contribution in [1.29, 1.82) is 0 Å². The Hall–Kier alpha value is 0.293. The van der Waals surface area contributed by atoms with Crippen molar-refractivity contribution >= 4 is 3.21 Å². The maximum atomic E-state index is 3.51. The van der Waals surface area contributed by atoms with Gasteiger partial charge in [-0.25, -0.2) is 5.57 Å². The zero-order valence-corrected chi connectivity index (χ0v) is 18.3. The molecule has 23 heavy (non-hydrogen) atoms. The zero-order chi connectivity index (χ0) is 15.1. The van der Waals surface area contributed by atoms with Gasteiger partial charge in [0.1, 0.15) is 0 Å². The summed E-state index contributed by atoms with van der Waals surface area (Å²) in [6.07, 6.45) is 21.9. The zero-order valence-electron chi connectivity index (χ0n) is 14.4. The molecule has 3 aliphatic rings. The van der Waals surface area contributed by atoms with Gasteiger partial charge >= 0.3 is 59.5 Å². The summed E-state index contributed by atoms with van der Waals surface area (Å²) in [5.41, 5.74) is 6.07. The standard InChI is InChI=1S/C14H17.C6H10.2ClH.Zr/c1-3-11-9-10-14(13(11)4-2)12-7-5-6-8-12;1-2-4-6-5-3-1;;;/h5-7H,3-4,8,10H2,1-2H3;1-5H2;2*1H;/q-1;;;;+2/p-2. The summed E-state index contributed by atoms with van der Waals surface area (Å²) in [7, 11) is 0. The second kappa shape index (κ2) is 12.6. The fraction of sp³-hybridized carbons (Fsp3) is 0.550. The molecule has 0 nitrogen and oxygen atoms in total. The molecule has 0 atom stereocenters. The predicted octanol–water partition coefficient (Wildman–Crippen LogP) is -0.200. The summed E-state index contributed by atoms with van der Waals surface area (Å²) in [4.78, 5) is 0. The van der Waals surface area contributed by atoms with Crippen molar-refractivity contribution < 1.29 is 49.0 Å². The molecular weight excluding hydrogens is 402 g/mol. The van der Waals surface area contributed by atoms with Crippen molar-refractivity contribution in [3.8, 4) is 0 Å². The second-order valence-corrected chi connectivity index (χ2v) is 7.72. The topological polar surface area (TPSA) is 0 Å². The van der Waals surface area contributed by atoms with E-state index in [2.05, 4.69) is 38.2 Å². The molecule has 1 saturated carbocycles. The van der Waals surface area contributed by atoms with Gasteiger partial charge in [0.2, 0.25) is 0 Å². The van der Waals surface area contributed by atoms with Crippen LogP contribution in [-0.2, 0) is 24.2 Å². The summed E-state index contributed by atoms with van der Waals surface area (Å²) >= 11 is 1.69. The molecular formula is C20H27Cl2Zr-. The van der Waals surface area contributed by atoms with E-state index in [-0.39, 0.29) is 24.8 Å². The van der Waals surface area contributed by atoms with E-state index in [1.165, 1.54) is 43.3 Å². The molecule has 0 unspecified atom stereocenters. The minimum atomic E-state index is 0. The number of hydrogen-bond donors (Lipinski definition) is 0. The van der Waals surface area contributed by atoms with Crippen molar-refractivity contribution in [2.45, 2.75) is 71.6 Å². The molecule has 0 spiro atoms. The number of hydrogen-bond acceptors (Lipinski definition) is 0. The third-order valence-corrected chi connectivity index (χ3v) is 5.76. The summed E-state index contributed by atoms with van der Waals surface area (Å²) in [6, 6.07) is 0. The van der Waals surface area contributed by atoms with E-state index in [0.29, 0.717) is 0 Å². The Morgan fingerprint density at radius 2 is 1.74 bits per heavy atom. The van der Waals surface area contributed by atoms with E-state index in [9.17, 15) is 0 Å². The van der Waals surface area contributed by atoms with Gasteiger partial charge in [-0.1, -0.05) is 50.5 Å². The Labute approximate surface area is 169 Å². The molecule has 126 valence electrons. The van der Waals surface area contributed by atoms with Crippen LogP contribution in [0.2, 0.25) is 0 Å². The van der Waals surface area contributed by atoms with Crippen LogP contribution >= 0.6 is 0 Å². The van der Waals surface area contributed by atoms with Crippen LogP contribution < -0.4 is 24.8 Å². The van der Waals surface area contributed by atoms with Crippen molar-refractivity contribution in [1.82, 2.24) is 0 Å². The molecule has 1 fully saturated rings. The van der Waals surface area contributed by atoms with Crippen LogP contribution in [0.15, 0.2) is 40.5 Å². The van der Waals surface area contributed by atoms with Crippen LogP contribution in [0.5, 0.6) is 0 Å². The normalized spacial score (nSPS) is 19.4. The fourth-order valence-electron chi connectivity index (χ4n) is 3.31. The predicted molar refractivity (Wildman–Crippen MR) is 88.9 cm³/mol. The Morgan fingerprint density at radius 1 is 1.04 bits per heavy atom. The van der Waals surface area contributed by atoms with Crippen LogP contribution in [0.4, 0.5) is 0 Å². The van der Waals surface area contributed by atoms with Gasteiger partial charge in [-0.2, -0.15) is 5.57 Å². The Kier molecular flexibility index (Phi) is 12.8. The second-order valence-electron chi connectivity index (χ2n) is 5.98. The summed E-state index contributed by atoms with van der Waals surface area (Å²) in [5.74, 6) is 0. The van der Waals surface area contributed by atoms with E-state index < -0.39 is 0 Å². The fourth-order valence-corrected chi connectivity index (χ4v) is 4.18. The van der Waals surface area contributed by atoms with Gasteiger partial charge < -0.3 is 24.8 Å². The van der Waals surface area contributed by atoms with Gasteiger partial charge in [-0.05, 0) is 6.42 Å². The SMILES string of the molecule is CCC1=[C-]CC(C2=CC=CC2)=C1CC.[Cl-].[Cl-].[Zr+2]=[C]1CCCCC1. The van der Waals surface area contributed by atoms with Crippen LogP contribution in [0.25, 0.3) is 0 Å². The average Bonchev–Trinajstić information content (AvgIpc) is 3.17. The molecule has 0 aliphatic heterocycles. The first-order chi connectivity index (χ1) is 10.3. The van der Waals surface area contributed by atoms with E-state index in [1.54, 1.807) is 38.6 Å². The average molecular weight is 430 g/mol. The molecule has 3 heteroatoms. The molecule has 0 saturated heterocycles. The maximum absolute atomic E-state index is 3.51. The van der Waals surface area contributed by atoms with E-state index in [1.807, 2.05) is 0 Å². The monoisotopic (exact) mass is 427 g/mol. The van der Waals surface area contributed by atoms with Gasteiger partial charge in [0.05, 0.1) is 0 Å². The van der Waals surface area contributed by atoms with Crippen molar-refractivity contribution in [3.63, 3.8) is 0 Å². The number of rotatable bonds is 3. The van der Waals surface area contributed by atoms with Crippen molar-refractivity contribution in [2.75, 3.05) is 0 Å².